The Morgan fingerprint density at radius 3 is 2.96 bits per heavy atom. The number of hydrogen-bond donors (Lipinski definition) is 1. The summed E-state index contributed by atoms with van der Waals surface area (Å²) in [6.45, 7) is 1.54. The van der Waals surface area contributed by atoms with Gasteiger partial charge in [0.25, 0.3) is 5.71 Å². The van der Waals surface area contributed by atoms with Gasteiger partial charge in [0.15, 0.2) is 0 Å². The number of benzene rings is 1. The molecule has 1 saturated heterocycles. The molecule has 1 unspecified atom stereocenters. The van der Waals surface area contributed by atoms with Gasteiger partial charge in [0.1, 0.15) is 17.3 Å². The highest BCUT2D eigenvalue weighted by Crippen LogP contribution is 2.29. The molecule has 1 aliphatic heterocycles. The molecule has 1 atom stereocenters. The molecule has 0 aliphatic carbocycles. The number of halogens is 1. The Kier molecular flexibility index (Phi) is 3.67. The van der Waals surface area contributed by atoms with Crippen LogP contribution in [0, 0.1) is 5.82 Å². The normalized spacial score (nSPS) is 17.7. The van der Waals surface area contributed by atoms with Crippen LogP contribution in [0.3, 0.4) is 0 Å². The summed E-state index contributed by atoms with van der Waals surface area (Å²) in [4.78, 5) is 4.39. The lowest BCUT2D eigenvalue weighted by atomic mass is 10.1. The first-order chi connectivity index (χ1) is 11.3. The predicted octanol–water partition coefficient (Wildman–Crippen LogP) is 3.62. The zero-order valence-corrected chi connectivity index (χ0v) is 12.5. The summed E-state index contributed by atoms with van der Waals surface area (Å²) < 4.78 is 24.8. The summed E-state index contributed by atoms with van der Waals surface area (Å²) in [6, 6.07) is 10.2. The molecule has 1 aliphatic rings. The van der Waals surface area contributed by atoms with E-state index in [1.165, 1.54) is 6.07 Å². The van der Waals surface area contributed by atoms with Crippen LogP contribution in [0.4, 0.5) is 10.2 Å². The lowest BCUT2D eigenvalue weighted by molar-refractivity contribution is 0.120. The Balaban J connectivity index is 1.60. The van der Waals surface area contributed by atoms with Gasteiger partial charge in [0.2, 0.25) is 0 Å². The average molecular weight is 313 g/mol. The Bertz CT molecular complexity index is 828. The van der Waals surface area contributed by atoms with E-state index in [2.05, 4.69) is 15.5 Å². The van der Waals surface area contributed by atoms with Gasteiger partial charge in [0.05, 0.1) is 11.5 Å². The summed E-state index contributed by atoms with van der Waals surface area (Å²) in [5, 5.41) is 7.91. The summed E-state index contributed by atoms with van der Waals surface area (Å²) in [5.74, 6) is 0.368. The molecule has 6 heteroatoms. The van der Waals surface area contributed by atoms with Crippen LogP contribution in [-0.4, -0.2) is 29.4 Å². The summed E-state index contributed by atoms with van der Waals surface area (Å²) >= 11 is 0. The van der Waals surface area contributed by atoms with Crippen molar-refractivity contribution in [3.05, 3.63) is 42.2 Å². The maximum atomic E-state index is 13.9. The van der Waals surface area contributed by atoms with Gasteiger partial charge in [-0.2, -0.15) is 4.98 Å². The minimum absolute atomic E-state index is 0.233. The number of nitrogens with one attached hydrogen (secondary N) is 1. The van der Waals surface area contributed by atoms with Crippen molar-refractivity contribution in [2.24, 2.45) is 0 Å². The number of nitrogens with zero attached hydrogens (tertiary/aromatic N) is 2. The topological polar surface area (TPSA) is 60.2 Å². The van der Waals surface area contributed by atoms with E-state index in [0.29, 0.717) is 34.7 Å². The third-order valence-corrected chi connectivity index (χ3v) is 4.00. The summed E-state index contributed by atoms with van der Waals surface area (Å²) in [5.41, 5.74) is 1.27. The molecule has 1 fully saturated rings. The van der Waals surface area contributed by atoms with Crippen LogP contribution in [0.5, 0.6) is 0 Å². The molecule has 23 heavy (non-hydrogen) atoms. The molecule has 5 nitrogen and oxygen atoms in total. The van der Waals surface area contributed by atoms with Gasteiger partial charge >= 0.3 is 0 Å². The minimum atomic E-state index is -0.330. The van der Waals surface area contributed by atoms with E-state index < -0.39 is 0 Å². The van der Waals surface area contributed by atoms with Crippen molar-refractivity contribution in [1.29, 1.82) is 0 Å². The van der Waals surface area contributed by atoms with Crippen LogP contribution < -0.4 is 5.32 Å². The fourth-order valence-electron chi connectivity index (χ4n) is 2.80. The van der Waals surface area contributed by atoms with E-state index in [-0.39, 0.29) is 11.9 Å². The van der Waals surface area contributed by atoms with Crippen LogP contribution in [-0.2, 0) is 4.74 Å². The van der Waals surface area contributed by atoms with Crippen molar-refractivity contribution >= 4 is 16.9 Å². The third kappa shape index (κ3) is 2.77. The lowest BCUT2D eigenvalue weighted by Gasteiger charge is -2.10. The van der Waals surface area contributed by atoms with Crippen LogP contribution in [0.2, 0.25) is 0 Å². The molecule has 3 heterocycles. The van der Waals surface area contributed by atoms with Crippen molar-refractivity contribution in [3.63, 3.8) is 0 Å². The highest BCUT2D eigenvalue weighted by molar-refractivity contribution is 5.90. The van der Waals surface area contributed by atoms with Gasteiger partial charge in [-0.25, -0.2) is 4.39 Å². The fourth-order valence-corrected chi connectivity index (χ4v) is 2.80. The van der Waals surface area contributed by atoms with Crippen LogP contribution in [0.1, 0.15) is 12.8 Å². The molecule has 0 bridgehead atoms. The van der Waals surface area contributed by atoms with Crippen molar-refractivity contribution in [2.75, 3.05) is 18.5 Å². The van der Waals surface area contributed by atoms with E-state index in [4.69, 9.17) is 9.26 Å². The molecular formula is C17H16FN3O2. The molecule has 3 aromatic rings. The number of pyridine rings is 1. The maximum Gasteiger partial charge on any atom is 0.260 e. The Morgan fingerprint density at radius 1 is 1.22 bits per heavy atom. The Morgan fingerprint density at radius 2 is 2.13 bits per heavy atom. The maximum absolute atomic E-state index is 13.9. The van der Waals surface area contributed by atoms with Crippen molar-refractivity contribution in [1.82, 2.24) is 10.1 Å². The molecule has 0 radical (unpaired) electrons. The number of anilines is 1. The van der Waals surface area contributed by atoms with Gasteiger partial charge in [-0.1, -0.05) is 17.3 Å². The van der Waals surface area contributed by atoms with Gasteiger partial charge in [0, 0.05) is 18.7 Å². The number of fused-ring (bicyclic) bond motifs is 1. The number of rotatable bonds is 4. The molecule has 0 amide bonds. The van der Waals surface area contributed by atoms with Crippen molar-refractivity contribution < 1.29 is 13.7 Å². The van der Waals surface area contributed by atoms with Crippen LogP contribution in [0.25, 0.3) is 22.4 Å². The first-order valence-electron chi connectivity index (χ1n) is 7.68. The predicted molar refractivity (Wildman–Crippen MR) is 84.7 cm³/mol. The van der Waals surface area contributed by atoms with Crippen molar-refractivity contribution in [2.45, 2.75) is 18.9 Å². The molecule has 1 aromatic carbocycles. The summed E-state index contributed by atoms with van der Waals surface area (Å²) in [6.07, 6.45) is 2.40. The monoisotopic (exact) mass is 313 g/mol. The molecule has 4 rings (SSSR count). The van der Waals surface area contributed by atoms with E-state index in [9.17, 15) is 4.39 Å². The largest absolute Gasteiger partial charge is 0.376 e. The highest BCUT2D eigenvalue weighted by atomic mass is 19.1. The lowest BCUT2D eigenvalue weighted by Crippen LogP contribution is -2.18. The molecule has 0 spiro atoms. The number of ether oxygens (including phenoxy) is 1. The standard InChI is InChI=1S/C17H16FN3O2/c18-14-6-2-1-5-12(14)16-13-7-8-15(20-17(13)23-21-16)19-10-11-4-3-9-22-11/h1-2,5-8,11H,3-4,9-10H2,(H,19,20). The highest BCUT2D eigenvalue weighted by Gasteiger charge is 2.17. The second kappa shape index (κ2) is 5.96. The molecule has 118 valence electrons. The van der Waals surface area contributed by atoms with Crippen LogP contribution >= 0.6 is 0 Å². The zero-order chi connectivity index (χ0) is 15.6. The van der Waals surface area contributed by atoms with Gasteiger partial charge < -0.3 is 14.6 Å². The zero-order valence-electron chi connectivity index (χ0n) is 12.5. The quantitative estimate of drug-likeness (QED) is 0.797. The third-order valence-electron chi connectivity index (χ3n) is 4.00. The Hall–Kier alpha value is -2.47. The molecule has 2 aromatic heterocycles. The average Bonchev–Trinajstić information content (AvgIpc) is 3.22. The minimum Gasteiger partial charge on any atom is -0.376 e. The van der Waals surface area contributed by atoms with Gasteiger partial charge in [-0.15, -0.1) is 0 Å². The molecule has 1 N–H and O–H groups in total. The Labute approximate surface area is 132 Å². The van der Waals surface area contributed by atoms with E-state index in [1.807, 2.05) is 12.1 Å². The van der Waals surface area contributed by atoms with Gasteiger partial charge in [-0.3, -0.25) is 0 Å². The van der Waals surface area contributed by atoms with Crippen LogP contribution in [0.15, 0.2) is 40.9 Å². The first-order valence-corrected chi connectivity index (χ1v) is 7.68. The van der Waals surface area contributed by atoms with E-state index >= 15 is 0 Å². The van der Waals surface area contributed by atoms with E-state index in [1.54, 1.807) is 18.2 Å². The molecular weight excluding hydrogens is 297 g/mol. The number of hydrogen-bond acceptors (Lipinski definition) is 5. The first kappa shape index (κ1) is 14.1. The second-order valence-electron chi connectivity index (χ2n) is 5.58. The fraction of sp³-hybridized carbons (Fsp3) is 0.294. The van der Waals surface area contributed by atoms with E-state index in [0.717, 1.165) is 19.4 Å². The molecule has 0 saturated carbocycles. The van der Waals surface area contributed by atoms with Crippen molar-refractivity contribution in [3.8, 4) is 11.3 Å². The van der Waals surface area contributed by atoms with Gasteiger partial charge in [-0.05, 0) is 37.1 Å². The number of aromatic nitrogens is 2. The SMILES string of the molecule is Fc1ccccc1-c1noc2nc(NCC3CCCO3)ccc12. The smallest absolute Gasteiger partial charge is 0.260 e. The summed E-state index contributed by atoms with van der Waals surface area (Å²) in [7, 11) is 0. The second-order valence-corrected chi connectivity index (χ2v) is 5.58.